The van der Waals surface area contributed by atoms with E-state index in [-0.39, 0.29) is 24.4 Å². The Morgan fingerprint density at radius 2 is 2.29 bits per heavy atom. The quantitative estimate of drug-likeness (QED) is 0.685. The van der Waals surface area contributed by atoms with Crippen LogP contribution in [-0.2, 0) is 16.0 Å². The lowest BCUT2D eigenvalue weighted by Gasteiger charge is -2.11. The predicted molar refractivity (Wildman–Crippen MR) is 61.6 cm³/mol. The third-order valence-corrected chi connectivity index (χ3v) is 2.38. The number of aromatic nitrogens is 1. The van der Waals surface area contributed by atoms with Gasteiger partial charge in [-0.1, -0.05) is 0 Å². The summed E-state index contributed by atoms with van der Waals surface area (Å²) in [6.45, 7) is 1.82. The molecule has 0 saturated heterocycles. The fraction of sp³-hybridized carbons (Fsp3) is 0.400. The van der Waals surface area contributed by atoms with Crippen LogP contribution in [0.4, 0.5) is 14.5 Å². The molecular formula is C10H11BrF2N2O2. The molecule has 1 heterocycles. The van der Waals surface area contributed by atoms with Crippen LogP contribution in [0, 0.1) is 0 Å². The van der Waals surface area contributed by atoms with Crippen molar-refractivity contribution in [3.63, 3.8) is 0 Å². The predicted octanol–water partition coefficient (Wildman–Crippen LogP) is 2.47. The first-order valence-corrected chi connectivity index (χ1v) is 5.63. The molecule has 1 aromatic rings. The lowest BCUT2D eigenvalue weighted by atomic mass is 10.1. The number of alkyl halides is 2. The molecule has 0 radical (unpaired) electrons. The number of hydrogen-bond donors (Lipinski definition) is 1. The molecule has 1 rings (SSSR count). The Morgan fingerprint density at radius 1 is 1.65 bits per heavy atom. The van der Waals surface area contributed by atoms with E-state index in [1.807, 2.05) is 0 Å². The second-order valence-electron chi connectivity index (χ2n) is 3.18. The van der Waals surface area contributed by atoms with Crippen molar-refractivity contribution in [1.82, 2.24) is 4.98 Å². The molecule has 0 unspecified atom stereocenters. The third-order valence-electron chi connectivity index (χ3n) is 1.97. The van der Waals surface area contributed by atoms with Crippen molar-refractivity contribution in [3.05, 3.63) is 21.9 Å². The van der Waals surface area contributed by atoms with Crippen LogP contribution in [0.25, 0.3) is 0 Å². The van der Waals surface area contributed by atoms with E-state index >= 15 is 0 Å². The van der Waals surface area contributed by atoms with Crippen LogP contribution in [0.3, 0.4) is 0 Å². The first kappa shape index (κ1) is 13.8. The Kier molecular flexibility index (Phi) is 4.80. The number of esters is 1. The number of nitrogens with zero attached hydrogens (tertiary/aromatic N) is 1. The number of pyridine rings is 1. The molecule has 0 amide bonds. The summed E-state index contributed by atoms with van der Waals surface area (Å²) in [6, 6.07) is 1.27. The van der Waals surface area contributed by atoms with E-state index in [0.717, 1.165) is 0 Å². The van der Waals surface area contributed by atoms with Crippen LogP contribution < -0.4 is 5.73 Å². The van der Waals surface area contributed by atoms with E-state index < -0.39 is 18.0 Å². The molecular weight excluding hydrogens is 298 g/mol. The second-order valence-corrected chi connectivity index (χ2v) is 3.99. The lowest BCUT2D eigenvalue weighted by molar-refractivity contribution is -0.142. The molecule has 0 aromatic carbocycles. The van der Waals surface area contributed by atoms with Gasteiger partial charge in [-0.05, 0) is 28.9 Å². The summed E-state index contributed by atoms with van der Waals surface area (Å²) in [6.07, 6.45) is -3.10. The average Bonchev–Trinajstić information content (AvgIpc) is 2.15. The van der Waals surface area contributed by atoms with Crippen LogP contribution >= 0.6 is 15.9 Å². The molecule has 0 aliphatic heterocycles. The van der Waals surface area contributed by atoms with Crippen molar-refractivity contribution in [1.29, 1.82) is 0 Å². The Labute approximate surface area is 105 Å². The van der Waals surface area contributed by atoms with E-state index in [0.29, 0.717) is 4.60 Å². The minimum atomic E-state index is -2.78. The normalized spacial score (nSPS) is 10.6. The maximum Gasteiger partial charge on any atom is 0.311 e. The van der Waals surface area contributed by atoms with Crippen molar-refractivity contribution in [3.8, 4) is 0 Å². The summed E-state index contributed by atoms with van der Waals surface area (Å²) in [5.74, 6) is -0.612. The van der Waals surface area contributed by atoms with Crippen molar-refractivity contribution in [2.45, 2.75) is 19.8 Å². The SMILES string of the molecule is CCOC(=O)Cc1nc(Br)cc(N)c1C(F)F. The first-order valence-electron chi connectivity index (χ1n) is 4.84. The van der Waals surface area contributed by atoms with E-state index in [9.17, 15) is 13.6 Å². The number of hydrogen-bond acceptors (Lipinski definition) is 4. The monoisotopic (exact) mass is 308 g/mol. The number of halogens is 3. The van der Waals surface area contributed by atoms with Gasteiger partial charge in [-0.15, -0.1) is 0 Å². The number of rotatable bonds is 4. The van der Waals surface area contributed by atoms with Crippen LogP contribution in [0.1, 0.15) is 24.6 Å². The molecule has 0 bridgehead atoms. The highest BCUT2D eigenvalue weighted by molar-refractivity contribution is 9.10. The van der Waals surface area contributed by atoms with Gasteiger partial charge in [0.15, 0.2) is 0 Å². The van der Waals surface area contributed by atoms with Gasteiger partial charge in [0.25, 0.3) is 6.43 Å². The Balaban J connectivity index is 3.08. The van der Waals surface area contributed by atoms with E-state index in [4.69, 9.17) is 5.73 Å². The van der Waals surface area contributed by atoms with Gasteiger partial charge in [0, 0.05) is 5.69 Å². The van der Waals surface area contributed by atoms with Gasteiger partial charge in [0.1, 0.15) is 4.60 Å². The lowest BCUT2D eigenvalue weighted by Crippen LogP contribution is -2.12. The second kappa shape index (κ2) is 5.90. The Bertz CT molecular complexity index is 427. The van der Waals surface area contributed by atoms with Gasteiger partial charge in [-0.2, -0.15) is 0 Å². The maximum absolute atomic E-state index is 12.8. The van der Waals surface area contributed by atoms with Gasteiger partial charge in [-0.3, -0.25) is 4.79 Å². The minimum absolute atomic E-state index is 0.0645. The number of nitrogens with two attached hydrogens (primary N) is 1. The van der Waals surface area contributed by atoms with Crippen LogP contribution in [-0.4, -0.2) is 17.6 Å². The van der Waals surface area contributed by atoms with Gasteiger partial charge in [-0.25, -0.2) is 13.8 Å². The average molecular weight is 309 g/mol. The fourth-order valence-corrected chi connectivity index (χ4v) is 1.79. The molecule has 4 nitrogen and oxygen atoms in total. The molecule has 0 atom stereocenters. The molecule has 2 N–H and O–H groups in total. The molecule has 17 heavy (non-hydrogen) atoms. The largest absolute Gasteiger partial charge is 0.466 e. The zero-order valence-corrected chi connectivity index (χ0v) is 10.6. The van der Waals surface area contributed by atoms with E-state index in [2.05, 4.69) is 25.7 Å². The number of ether oxygens (including phenoxy) is 1. The molecule has 0 saturated carbocycles. The van der Waals surface area contributed by atoms with Crippen LogP contribution in [0.5, 0.6) is 0 Å². The zero-order chi connectivity index (χ0) is 13.0. The highest BCUT2D eigenvalue weighted by Crippen LogP contribution is 2.30. The summed E-state index contributed by atoms with van der Waals surface area (Å²) < 4.78 is 30.5. The van der Waals surface area contributed by atoms with Gasteiger partial charge >= 0.3 is 5.97 Å². The summed E-state index contributed by atoms with van der Waals surface area (Å²) in [4.78, 5) is 15.1. The summed E-state index contributed by atoms with van der Waals surface area (Å²) >= 11 is 3.04. The molecule has 0 fully saturated rings. The van der Waals surface area contributed by atoms with Crippen molar-refractivity contribution >= 4 is 27.6 Å². The minimum Gasteiger partial charge on any atom is -0.466 e. The van der Waals surface area contributed by atoms with Crippen LogP contribution in [0.2, 0.25) is 0 Å². The highest BCUT2D eigenvalue weighted by Gasteiger charge is 2.21. The third kappa shape index (κ3) is 3.62. The number of anilines is 1. The summed E-state index contributed by atoms with van der Waals surface area (Å²) in [5.41, 5.74) is 4.89. The van der Waals surface area contributed by atoms with E-state index in [1.165, 1.54) is 6.07 Å². The highest BCUT2D eigenvalue weighted by atomic mass is 79.9. The zero-order valence-electron chi connectivity index (χ0n) is 9.04. The fourth-order valence-electron chi connectivity index (χ4n) is 1.33. The summed E-state index contributed by atoms with van der Waals surface area (Å²) in [7, 11) is 0. The van der Waals surface area contributed by atoms with Crippen molar-refractivity contribution in [2.75, 3.05) is 12.3 Å². The van der Waals surface area contributed by atoms with Gasteiger partial charge in [0.2, 0.25) is 0 Å². The van der Waals surface area contributed by atoms with Gasteiger partial charge < -0.3 is 10.5 Å². The molecule has 94 valence electrons. The molecule has 0 spiro atoms. The van der Waals surface area contributed by atoms with Crippen molar-refractivity contribution < 1.29 is 18.3 Å². The molecule has 0 aliphatic carbocycles. The van der Waals surface area contributed by atoms with Gasteiger partial charge in [0.05, 0.1) is 24.3 Å². The number of nitrogen functional groups attached to an aromatic ring is 1. The number of carbonyl (C=O) groups is 1. The number of carbonyl (C=O) groups excluding carboxylic acids is 1. The summed E-state index contributed by atoms with van der Waals surface area (Å²) in [5, 5.41) is 0. The Hall–Kier alpha value is -1.24. The smallest absolute Gasteiger partial charge is 0.311 e. The standard InChI is InChI=1S/C10H11BrF2N2O2/c1-2-17-8(16)4-6-9(10(12)13)5(14)3-7(11)15-6/h3,10H,2,4H2,1H3,(H2,14,15). The maximum atomic E-state index is 12.8. The van der Waals surface area contributed by atoms with Crippen LogP contribution in [0.15, 0.2) is 10.7 Å². The van der Waals surface area contributed by atoms with Crippen molar-refractivity contribution in [2.24, 2.45) is 0 Å². The topological polar surface area (TPSA) is 65.2 Å². The van der Waals surface area contributed by atoms with E-state index in [1.54, 1.807) is 6.92 Å². The first-order chi connectivity index (χ1) is 7.95. The molecule has 1 aromatic heterocycles. The molecule has 0 aliphatic rings. The molecule has 7 heteroatoms. The Morgan fingerprint density at radius 3 is 2.82 bits per heavy atom.